The largest absolute Gasteiger partial charge is 1.00 e. The molecule has 0 fully saturated rings. The second-order valence-electron chi connectivity index (χ2n) is 18.1. The monoisotopic (exact) mass is 946 g/mol. The molecule has 0 amide bonds. The van der Waals surface area contributed by atoms with Crippen molar-refractivity contribution >= 4 is 70.6 Å². The van der Waals surface area contributed by atoms with Crippen molar-refractivity contribution in [3.05, 3.63) is 108 Å². The summed E-state index contributed by atoms with van der Waals surface area (Å²) in [5, 5.41) is 25.8. The molecule has 2 aliphatic rings. The van der Waals surface area contributed by atoms with Gasteiger partial charge >= 0.3 is 29.6 Å². The van der Waals surface area contributed by atoms with Crippen LogP contribution in [0.5, 0.6) is 0 Å². The maximum absolute atomic E-state index is 13.1. The number of nitrogens with one attached hydrogen (secondary N) is 2. The third-order valence-electron chi connectivity index (χ3n) is 12.6. The van der Waals surface area contributed by atoms with Crippen LogP contribution in [0.2, 0.25) is 0 Å². The van der Waals surface area contributed by atoms with Crippen molar-refractivity contribution in [3.63, 3.8) is 0 Å². The van der Waals surface area contributed by atoms with Gasteiger partial charge in [0.15, 0.2) is 5.71 Å². The molecule has 2 N–H and O–H groups in total. The Balaban J connectivity index is 0.00000817. The zero-order valence-corrected chi connectivity index (χ0v) is 43.2. The second kappa shape index (κ2) is 22.3. The minimum atomic E-state index is -3.66. The van der Waals surface area contributed by atoms with Crippen molar-refractivity contribution in [2.45, 2.75) is 126 Å². The predicted octanol–water partition coefficient (Wildman–Crippen LogP) is 4.16. The van der Waals surface area contributed by atoms with Crippen molar-refractivity contribution in [2.75, 3.05) is 31.1 Å². The summed E-state index contributed by atoms with van der Waals surface area (Å²) < 4.78 is 59.9. The summed E-state index contributed by atoms with van der Waals surface area (Å²) in [4.78, 5) is 25.0. The molecule has 2 aliphatic heterocycles. The Morgan fingerprint density at radius 3 is 1.77 bits per heavy atom. The van der Waals surface area contributed by atoms with Crippen molar-refractivity contribution < 1.29 is 70.8 Å². The van der Waals surface area contributed by atoms with Gasteiger partial charge in [0.05, 0.1) is 15.2 Å². The van der Waals surface area contributed by atoms with E-state index in [9.17, 15) is 36.6 Å². The molecule has 2 heterocycles. The number of benzene rings is 4. The fourth-order valence-corrected chi connectivity index (χ4v) is 11.7. The van der Waals surface area contributed by atoms with E-state index in [4.69, 9.17) is 0 Å². The molecule has 15 heteroatoms. The minimum absolute atomic E-state index is 0. The zero-order valence-electron chi connectivity index (χ0n) is 39.5. The van der Waals surface area contributed by atoms with Crippen LogP contribution in [0.4, 0.5) is 11.4 Å². The van der Waals surface area contributed by atoms with E-state index in [1.165, 1.54) is 0 Å². The van der Waals surface area contributed by atoms with Gasteiger partial charge in [-0.3, -0.25) is 0 Å². The molecular weight excluding hydrogens is 884 g/mol. The Labute approximate surface area is 413 Å². The van der Waals surface area contributed by atoms with Gasteiger partial charge in [-0.25, -0.2) is 26.3 Å². The van der Waals surface area contributed by atoms with E-state index in [1.54, 1.807) is 24.3 Å². The van der Waals surface area contributed by atoms with Gasteiger partial charge in [-0.2, -0.15) is 4.58 Å². The number of aliphatic carboxylic acids is 2. The van der Waals surface area contributed by atoms with Gasteiger partial charge in [0.2, 0.25) is 25.7 Å². The molecule has 0 unspecified atom stereocenters. The summed E-state index contributed by atoms with van der Waals surface area (Å²) in [7, 11) is -7.33. The van der Waals surface area contributed by atoms with Gasteiger partial charge < -0.3 is 24.7 Å². The Morgan fingerprint density at radius 2 is 1.21 bits per heavy atom. The van der Waals surface area contributed by atoms with E-state index in [2.05, 4.69) is 70.9 Å². The molecule has 0 radical (unpaired) electrons. The number of sulfonamides is 2. The molecule has 0 spiro atoms. The average molecular weight is 947 g/mol. The summed E-state index contributed by atoms with van der Waals surface area (Å²) in [6.07, 6.45) is 15.7. The summed E-state index contributed by atoms with van der Waals surface area (Å²) >= 11 is 0. The van der Waals surface area contributed by atoms with E-state index >= 15 is 0 Å². The number of allylic oxidation sites excluding steroid dienone is 6. The van der Waals surface area contributed by atoms with Crippen molar-refractivity contribution in [2.24, 2.45) is 0 Å². The van der Waals surface area contributed by atoms with Crippen LogP contribution < -0.4 is 54.1 Å². The van der Waals surface area contributed by atoms with Crippen molar-refractivity contribution in [1.82, 2.24) is 9.44 Å². The van der Waals surface area contributed by atoms with Gasteiger partial charge in [0.1, 0.15) is 6.54 Å². The molecule has 0 atom stereocenters. The van der Waals surface area contributed by atoms with Gasteiger partial charge in [-0.1, -0.05) is 70.5 Å². The third kappa shape index (κ3) is 11.6. The number of unbranched alkanes of at least 4 members (excludes halogenated alkanes) is 4. The van der Waals surface area contributed by atoms with Gasteiger partial charge in [0.25, 0.3) is 0 Å². The number of carbonyl (C=O) groups is 2. The third-order valence-corrected chi connectivity index (χ3v) is 15.5. The average Bonchev–Trinajstić information content (AvgIpc) is 3.61. The first-order chi connectivity index (χ1) is 30.8. The van der Waals surface area contributed by atoms with Crippen LogP contribution in [0.15, 0.2) is 107 Å². The SMILES string of the molecule is CCCNS(=O)(=O)c1ccc2c3c(ccc2c1)[N+](CCCCCC(=O)[O-])=C(/C=C/C=C/C=C1/N(CCCCCC(=O)[O-])c2ccc4cc(S(=O)(=O)NCCC)ccc4c2C1(C)C)C3(C)C.[Na+]. The first-order valence-electron chi connectivity index (χ1n) is 22.9. The van der Waals surface area contributed by atoms with Gasteiger partial charge in [0, 0.05) is 72.5 Å². The number of hydrogen-bond donors (Lipinski definition) is 2. The molecule has 0 saturated carbocycles. The molecule has 348 valence electrons. The number of fused-ring (bicyclic) bond motifs is 6. The Bertz CT molecular complexity index is 2810. The standard InChI is InChI=1S/C51H64N4O8S2.Na/c1-7-30-52-64(60,61)38-24-26-40-36(34-38)22-28-42-48(40)50(3,4)44(54(42)32-16-10-14-20-46(56)57)18-12-9-13-19-45-51(5,6)49-41-27-25-39(65(62,63)53-31-8-2)35-37(41)23-29-43(49)55(45)33-17-11-15-21-47(58)59;/h9,12-13,18-19,22-29,34-35,52-53H,7-8,10-11,14-17,20-21,30-33H2,1-6H3,(H-,56,57,58,59);/q;+1/p-1. The molecular formula is C51H63N4NaO8S2. The number of nitrogens with zero attached hydrogens (tertiary/aromatic N) is 2. The van der Waals surface area contributed by atoms with Crippen LogP contribution in [-0.2, 0) is 40.5 Å². The van der Waals surface area contributed by atoms with E-state index < -0.39 is 42.8 Å². The van der Waals surface area contributed by atoms with Gasteiger partial charge in [-0.05, 0) is 135 Å². The fraction of sp³-hybridized carbons (Fsp3) is 0.431. The van der Waals surface area contributed by atoms with Crippen LogP contribution in [0.25, 0.3) is 21.5 Å². The summed E-state index contributed by atoms with van der Waals surface area (Å²) in [6, 6.07) is 18.6. The Morgan fingerprint density at radius 1 is 0.667 bits per heavy atom. The normalized spacial score (nSPS) is 16.2. The number of carboxylic acids is 2. The first kappa shape index (κ1) is 52.8. The maximum Gasteiger partial charge on any atom is 1.00 e. The van der Waals surface area contributed by atoms with Crippen molar-refractivity contribution in [1.29, 1.82) is 0 Å². The molecule has 0 aromatic heterocycles. The number of carbonyl (C=O) groups excluding carboxylic acids is 2. The number of anilines is 1. The molecule has 0 aliphatic carbocycles. The van der Waals surface area contributed by atoms with Crippen molar-refractivity contribution in [3.8, 4) is 0 Å². The molecule has 4 aromatic rings. The van der Waals surface area contributed by atoms with E-state index in [0.717, 1.165) is 81.1 Å². The smallest absolute Gasteiger partial charge is 0.550 e. The van der Waals surface area contributed by atoms with Crippen LogP contribution in [0.3, 0.4) is 0 Å². The summed E-state index contributed by atoms with van der Waals surface area (Å²) in [6.45, 7) is 14.6. The van der Waals surface area contributed by atoms with Crippen LogP contribution in [0, 0.1) is 0 Å². The molecule has 0 bridgehead atoms. The minimum Gasteiger partial charge on any atom is -0.550 e. The van der Waals surface area contributed by atoms with E-state index in [0.29, 0.717) is 51.9 Å². The molecule has 4 aromatic carbocycles. The number of carboxylic acid groups (broad SMARTS) is 2. The Hall–Kier alpha value is -4.15. The molecule has 66 heavy (non-hydrogen) atoms. The quantitative estimate of drug-likeness (QED) is 0.0478. The summed E-state index contributed by atoms with van der Waals surface area (Å²) in [5.41, 5.74) is 5.42. The number of hydrogen-bond acceptors (Lipinski definition) is 9. The zero-order chi connectivity index (χ0) is 47.2. The van der Waals surface area contributed by atoms with Crippen LogP contribution >= 0.6 is 0 Å². The van der Waals surface area contributed by atoms with Gasteiger partial charge in [-0.15, -0.1) is 0 Å². The molecule has 6 rings (SSSR count). The van der Waals surface area contributed by atoms with Crippen LogP contribution in [-0.4, -0.2) is 65.2 Å². The predicted molar refractivity (Wildman–Crippen MR) is 255 cm³/mol. The molecule has 12 nitrogen and oxygen atoms in total. The second-order valence-corrected chi connectivity index (χ2v) is 21.6. The van der Waals surface area contributed by atoms with E-state index in [1.807, 2.05) is 56.3 Å². The topological polar surface area (TPSA) is 179 Å². The first-order valence-corrected chi connectivity index (χ1v) is 25.8. The maximum atomic E-state index is 13.1. The Kier molecular flexibility index (Phi) is 17.9. The van der Waals surface area contributed by atoms with Crippen LogP contribution in [0.1, 0.15) is 117 Å². The fourth-order valence-electron chi connectivity index (χ4n) is 9.39. The van der Waals surface area contributed by atoms with E-state index in [-0.39, 0.29) is 52.2 Å². The number of rotatable bonds is 23. The molecule has 0 saturated heterocycles. The summed E-state index contributed by atoms with van der Waals surface area (Å²) in [5.74, 6) is -2.10.